The molecule has 0 aromatic carbocycles. The maximum Gasteiger partial charge on any atom is 0.125 e. The normalized spacial score (nSPS) is 13.1. The van der Waals surface area contributed by atoms with Gasteiger partial charge in [0.15, 0.2) is 0 Å². The highest BCUT2D eigenvalue weighted by atomic mass is 14.9. The molecule has 0 fully saturated rings. The first-order chi connectivity index (χ1) is 7.50. The second kappa shape index (κ2) is 5.94. The highest BCUT2D eigenvalue weighted by Crippen LogP contribution is 2.05. The van der Waals surface area contributed by atoms with Crippen LogP contribution in [-0.4, -0.2) is 22.6 Å². The van der Waals surface area contributed by atoms with Crippen molar-refractivity contribution in [2.24, 2.45) is 5.92 Å². The highest BCUT2D eigenvalue weighted by molar-refractivity contribution is 5.16. The Morgan fingerprint density at radius 3 is 2.50 bits per heavy atom. The van der Waals surface area contributed by atoms with E-state index in [1.165, 1.54) is 5.56 Å². The Morgan fingerprint density at radius 2 is 1.94 bits per heavy atom. The molecule has 16 heavy (non-hydrogen) atoms. The molecule has 0 spiro atoms. The number of hydrogen-bond acceptors (Lipinski definition) is 3. The molecule has 0 amide bonds. The van der Waals surface area contributed by atoms with Gasteiger partial charge in [-0.2, -0.15) is 0 Å². The SMILES string of the molecule is Cc1ncc(CCNC(C)C(C)C)c(C)n1. The van der Waals surface area contributed by atoms with E-state index in [4.69, 9.17) is 0 Å². The van der Waals surface area contributed by atoms with Gasteiger partial charge in [-0.15, -0.1) is 0 Å². The lowest BCUT2D eigenvalue weighted by atomic mass is 10.1. The van der Waals surface area contributed by atoms with Crippen molar-refractivity contribution >= 4 is 0 Å². The van der Waals surface area contributed by atoms with Gasteiger partial charge < -0.3 is 5.32 Å². The Labute approximate surface area is 98.7 Å². The largest absolute Gasteiger partial charge is 0.314 e. The Morgan fingerprint density at radius 1 is 1.25 bits per heavy atom. The molecule has 1 unspecified atom stereocenters. The minimum atomic E-state index is 0.562. The van der Waals surface area contributed by atoms with Gasteiger partial charge in [-0.3, -0.25) is 0 Å². The molecule has 1 rings (SSSR count). The predicted molar refractivity (Wildman–Crippen MR) is 67.5 cm³/mol. The summed E-state index contributed by atoms with van der Waals surface area (Å²) < 4.78 is 0. The van der Waals surface area contributed by atoms with Gasteiger partial charge in [0.05, 0.1) is 0 Å². The zero-order valence-corrected chi connectivity index (χ0v) is 11.0. The summed E-state index contributed by atoms with van der Waals surface area (Å²) in [6.45, 7) is 11.7. The lowest BCUT2D eigenvalue weighted by molar-refractivity contribution is 0.429. The summed E-state index contributed by atoms with van der Waals surface area (Å²) in [5, 5.41) is 3.52. The molecular formula is C13H23N3. The monoisotopic (exact) mass is 221 g/mol. The Bertz CT molecular complexity index is 334. The Kier molecular flexibility index (Phi) is 4.87. The van der Waals surface area contributed by atoms with Crippen LogP contribution in [0.5, 0.6) is 0 Å². The van der Waals surface area contributed by atoms with Crippen LogP contribution >= 0.6 is 0 Å². The Hall–Kier alpha value is -0.960. The number of nitrogens with zero attached hydrogens (tertiary/aromatic N) is 2. The van der Waals surface area contributed by atoms with E-state index in [1.54, 1.807) is 0 Å². The fraction of sp³-hybridized carbons (Fsp3) is 0.692. The van der Waals surface area contributed by atoms with Gasteiger partial charge in [-0.05, 0) is 45.2 Å². The summed E-state index contributed by atoms with van der Waals surface area (Å²) in [5.74, 6) is 1.53. The summed E-state index contributed by atoms with van der Waals surface area (Å²) in [6.07, 6.45) is 2.95. The summed E-state index contributed by atoms with van der Waals surface area (Å²) in [4.78, 5) is 8.60. The summed E-state index contributed by atoms with van der Waals surface area (Å²) >= 11 is 0. The molecule has 90 valence electrons. The molecule has 1 atom stereocenters. The van der Waals surface area contributed by atoms with Crippen molar-refractivity contribution < 1.29 is 0 Å². The second-order valence-electron chi connectivity index (χ2n) is 4.76. The molecule has 3 nitrogen and oxygen atoms in total. The number of aryl methyl sites for hydroxylation is 2. The molecule has 1 aromatic heterocycles. The molecule has 0 bridgehead atoms. The molecular weight excluding hydrogens is 198 g/mol. The van der Waals surface area contributed by atoms with E-state index in [-0.39, 0.29) is 0 Å². The van der Waals surface area contributed by atoms with E-state index in [9.17, 15) is 0 Å². The zero-order chi connectivity index (χ0) is 12.1. The van der Waals surface area contributed by atoms with E-state index in [0.717, 1.165) is 24.5 Å². The van der Waals surface area contributed by atoms with Crippen LogP contribution in [-0.2, 0) is 6.42 Å². The lowest BCUT2D eigenvalue weighted by Crippen LogP contribution is -2.32. The first-order valence-electron chi connectivity index (χ1n) is 6.03. The van der Waals surface area contributed by atoms with Crippen molar-refractivity contribution in [2.45, 2.75) is 47.1 Å². The average molecular weight is 221 g/mol. The third-order valence-electron chi connectivity index (χ3n) is 3.06. The average Bonchev–Trinajstić information content (AvgIpc) is 2.20. The molecule has 1 N–H and O–H groups in total. The van der Waals surface area contributed by atoms with Crippen LogP contribution in [0.2, 0.25) is 0 Å². The number of hydrogen-bond donors (Lipinski definition) is 1. The Balaban J connectivity index is 2.43. The van der Waals surface area contributed by atoms with Gasteiger partial charge in [-0.1, -0.05) is 13.8 Å². The van der Waals surface area contributed by atoms with Gasteiger partial charge >= 0.3 is 0 Å². The summed E-state index contributed by atoms with van der Waals surface area (Å²) in [7, 11) is 0. The highest BCUT2D eigenvalue weighted by Gasteiger charge is 2.06. The fourth-order valence-corrected chi connectivity index (χ4v) is 1.52. The van der Waals surface area contributed by atoms with Crippen LogP contribution in [0.15, 0.2) is 6.20 Å². The van der Waals surface area contributed by atoms with Crippen molar-refractivity contribution in [2.75, 3.05) is 6.54 Å². The molecule has 0 aliphatic heterocycles. The topological polar surface area (TPSA) is 37.8 Å². The third kappa shape index (κ3) is 3.89. The van der Waals surface area contributed by atoms with Crippen LogP contribution in [0.4, 0.5) is 0 Å². The number of rotatable bonds is 5. The van der Waals surface area contributed by atoms with Crippen LogP contribution in [0.3, 0.4) is 0 Å². The van der Waals surface area contributed by atoms with Crippen LogP contribution < -0.4 is 5.32 Å². The summed E-state index contributed by atoms with van der Waals surface area (Å²) in [5.41, 5.74) is 2.35. The summed E-state index contributed by atoms with van der Waals surface area (Å²) in [6, 6.07) is 0.562. The predicted octanol–water partition coefficient (Wildman–Crippen LogP) is 2.27. The van der Waals surface area contributed by atoms with Crippen LogP contribution in [0.25, 0.3) is 0 Å². The van der Waals surface area contributed by atoms with E-state index < -0.39 is 0 Å². The van der Waals surface area contributed by atoms with Crippen molar-refractivity contribution in [1.29, 1.82) is 0 Å². The zero-order valence-electron chi connectivity index (χ0n) is 11.0. The molecule has 1 aromatic rings. The maximum atomic E-state index is 4.37. The maximum absolute atomic E-state index is 4.37. The third-order valence-corrected chi connectivity index (χ3v) is 3.06. The fourth-order valence-electron chi connectivity index (χ4n) is 1.52. The molecule has 1 heterocycles. The minimum Gasteiger partial charge on any atom is -0.314 e. The van der Waals surface area contributed by atoms with E-state index in [1.807, 2.05) is 13.1 Å². The standard InChI is InChI=1S/C13H23N3/c1-9(2)10(3)14-7-6-13-8-15-12(5)16-11(13)4/h8-10,14H,6-7H2,1-5H3. The molecule has 0 saturated heterocycles. The van der Waals surface area contributed by atoms with Gasteiger partial charge in [-0.25, -0.2) is 9.97 Å². The first kappa shape index (κ1) is 13.1. The molecule has 0 aliphatic carbocycles. The molecule has 0 saturated carbocycles. The van der Waals surface area contributed by atoms with Gasteiger partial charge in [0.2, 0.25) is 0 Å². The quantitative estimate of drug-likeness (QED) is 0.829. The van der Waals surface area contributed by atoms with Gasteiger partial charge in [0.1, 0.15) is 5.82 Å². The van der Waals surface area contributed by atoms with Crippen molar-refractivity contribution in [1.82, 2.24) is 15.3 Å². The van der Waals surface area contributed by atoms with E-state index >= 15 is 0 Å². The number of nitrogens with one attached hydrogen (secondary N) is 1. The second-order valence-corrected chi connectivity index (χ2v) is 4.76. The van der Waals surface area contributed by atoms with Gasteiger partial charge in [0, 0.05) is 17.9 Å². The van der Waals surface area contributed by atoms with Crippen molar-refractivity contribution in [3.05, 3.63) is 23.3 Å². The van der Waals surface area contributed by atoms with E-state index in [0.29, 0.717) is 12.0 Å². The van der Waals surface area contributed by atoms with Crippen LogP contribution in [0, 0.1) is 19.8 Å². The van der Waals surface area contributed by atoms with Crippen molar-refractivity contribution in [3.63, 3.8) is 0 Å². The minimum absolute atomic E-state index is 0.562. The molecule has 3 heteroatoms. The van der Waals surface area contributed by atoms with E-state index in [2.05, 4.69) is 43.0 Å². The smallest absolute Gasteiger partial charge is 0.125 e. The van der Waals surface area contributed by atoms with Crippen molar-refractivity contribution in [3.8, 4) is 0 Å². The number of aromatic nitrogens is 2. The van der Waals surface area contributed by atoms with Crippen LogP contribution in [0.1, 0.15) is 37.9 Å². The van der Waals surface area contributed by atoms with Gasteiger partial charge in [0.25, 0.3) is 0 Å². The molecule has 0 aliphatic rings. The lowest BCUT2D eigenvalue weighted by Gasteiger charge is -2.17. The molecule has 0 radical (unpaired) electrons. The first-order valence-corrected chi connectivity index (χ1v) is 6.03.